The van der Waals surface area contributed by atoms with Crippen LogP contribution in [0, 0.1) is 5.41 Å². The summed E-state index contributed by atoms with van der Waals surface area (Å²) < 4.78 is 5.44. The van der Waals surface area contributed by atoms with Gasteiger partial charge in [0.15, 0.2) is 0 Å². The van der Waals surface area contributed by atoms with Crippen LogP contribution >= 0.6 is 0 Å². The Kier molecular flexibility index (Phi) is 3.79. The van der Waals surface area contributed by atoms with E-state index in [1.807, 2.05) is 37.8 Å². The largest absolute Gasteiger partial charge is 0.444 e. The SMILES string of the molecule is CC1Cc2ncccc2C(=O)N1C1CC2(C1)CN(C(=O)OC(C)(C)C)C2. The van der Waals surface area contributed by atoms with Crippen molar-refractivity contribution < 1.29 is 14.3 Å². The molecule has 1 aromatic heterocycles. The molecule has 0 aromatic carbocycles. The topological polar surface area (TPSA) is 62.7 Å². The maximum atomic E-state index is 12.9. The van der Waals surface area contributed by atoms with Gasteiger partial charge in [0.25, 0.3) is 5.91 Å². The molecule has 0 bridgehead atoms. The van der Waals surface area contributed by atoms with E-state index in [1.54, 1.807) is 11.1 Å². The number of fused-ring (bicyclic) bond motifs is 1. The summed E-state index contributed by atoms with van der Waals surface area (Å²) in [5, 5.41) is 0. The first-order valence-corrected chi connectivity index (χ1v) is 9.42. The van der Waals surface area contributed by atoms with Crippen LogP contribution in [0.2, 0.25) is 0 Å². The zero-order chi connectivity index (χ0) is 18.7. The predicted molar refractivity (Wildman–Crippen MR) is 96.8 cm³/mol. The molecule has 6 nitrogen and oxygen atoms in total. The van der Waals surface area contributed by atoms with Gasteiger partial charge in [-0.3, -0.25) is 9.78 Å². The molecule has 3 aliphatic rings. The zero-order valence-corrected chi connectivity index (χ0v) is 16.0. The van der Waals surface area contributed by atoms with Crippen LogP contribution in [0.25, 0.3) is 0 Å². The summed E-state index contributed by atoms with van der Waals surface area (Å²) in [4.78, 5) is 33.2. The monoisotopic (exact) mass is 357 g/mol. The van der Waals surface area contributed by atoms with Crippen molar-refractivity contribution in [3.63, 3.8) is 0 Å². The lowest BCUT2D eigenvalue weighted by atomic mass is 9.60. The van der Waals surface area contributed by atoms with Gasteiger partial charge in [0.05, 0.1) is 11.3 Å². The Balaban J connectivity index is 1.36. The third-order valence-electron chi connectivity index (χ3n) is 5.75. The van der Waals surface area contributed by atoms with Crippen molar-refractivity contribution in [2.75, 3.05) is 13.1 Å². The number of hydrogen-bond acceptors (Lipinski definition) is 4. The summed E-state index contributed by atoms with van der Waals surface area (Å²) in [6.45, 7) is 9.25. The van der Waals surface area contributed by atoms with E-state index >= 15 is 0 Å². The molecule has 1 aliphatic carbocycles. The minimum atomic E-state index is -0.459. The fourth-order valence-electron chi connectivity index (χ4n) is 4.65. The zero-order valence-electron chi connectivity index (χ0n) is 16.0. The number of amides is 2. The van der Waals surface area contributed by atoms with E-state index in [4.69, 9.17) is 4.74 Å². The van der Waals surface area contributed by atoms with E-state index in [-0.39, 0.29) is 29.5 Å². The normalized spacial score (nSPS) is 24.8. The number of aromatic nitrogens is 1. The van der Waals surface area contributed by atoms with E-state index in [1.165, 1.54) is 0 Å². The number of hydrogen-bond donors (Lipinski definition) is 0. The summed E-state index contributed by atoms with van der Waals surface area (Å²) >= 11 is 0. The minimum Gasteiger partial charge on any atom is -0.444 e. The number of ether oxygens (including phenoxy) is 1. The van der Waals surface area contributed by atoms with E-state index in [0.29, 0.717) is 0 Å². The Labute approximate surface area is 154 Å². The highest BCUT2D eigenvalue weighted by Crippen LogP contribution is 2.51. The van der Waals surface area contributed by atoms with E-state index < -0.39 is 5.60 Å². The highest BCUT2D eigenvalue weighted by Gasteiger charge is 2.57. The van der Waals surface area contributed by atoms with Gasteiger partial charge in [-0.1, -0.05) is 0 Å². The molecule has 1 spiro atoms. The van der Waals surface area contributed by atoms with E-state index in [9.17, 15) is 9.59 Å². The lowest BCUT2D eigenvalue weighted by molar-refractivity contribution is -0.106. The molecule has 0 N–H and O–H groups in total. The Morgan fingerprint density at radius 1 is 1.31 bits per heavy atom. The molecular weight excluding hydrogens is 330 g/mol. The molecule has 2 amide bonds. The van der Waals surface area contributed by atoms with Gasteiger partial charge in [0.1, 0.15) is 5.60 Å². The standard InChI is InChI=1S/C20H27N3O3/c1-13-8-16-15(6-5-7-21-16)17(24)23(13)14-9-20(10-14)11-22(12-20)18(25)26-19(2,3)4/h5-7,13-14H,8-12H2,1-4H3. The molecule has 1 aromatic rings. The first-order chi connectivity index (χ1) is 12.2. The van der Waals surface area contributed by atoms with Crippen molar-refractivity contribution >= 4 is 12.0 Å². The van der Waals surface area contributed by atoms with E-state index in [2.05, 4.69) is 11.9 Å². The van der Waals surface area contributed by atoms with Crippen molar-refractivity contribution in [1.82, 2.24) is 14.8 Å². The van der Waals surface area contributed by atoms with Crippen molar-refractivity contribution in [2.45, 2.75) is 64.6 Å². The van der Waals surface area contributed by atoms with E-state index in [0.717, 1.165) is 43.6 Å². The molecule has 2 fully saturated rings. The Morgan fingerprint density at radius 3 is 2.65 bits per heavy atom. The number of pyridine rings is 1. The molecule has 26 heavy (non-hydrogen) atoms. The lowest BCUT2D eigenvalue weighted by Crippen LogP contribution is -2.69. The number of nitrogens with zero attached hydrogens (tertiary/aromatic N) is 3. The molecule has 4 rings (SSSR count). The van der Waals surface area contributed by atoms with Gasteiger partial charge in [-0.2, -0.15) is 0 Å². The summed E-state index contributed by atoms with van der Waals surface area (Å²) in [6, 6.07) is 4.16. The highest BCUT2D eigenvalue weighted by molar-refractivity contribution is 5.96. The second-order valence-electron chi connectivity index (χ2n) is 9.16. The van der Waals surface area contributed by atoms with Crippen molar-refractivity contribution in [2.24, 2.45) is 5.41 Å². The molecule has 2 aliphatic heterocycles. The third-order valence-corrected chi connectivity index (χ3v) is 5.75. The van der Waals surface area contributed by atoms with Gasteiger partial charge in [-0.25, -0.2) is 4.79 Å². The second-order valence-corrected chi connectivity index (χ2v) is 9.16. The van der Waals surface area contributed by atoms with Gasteiger partial charge in [-0.05, 0) is 52.7 Å². The number of likely N-dealkylation sites (tertiary alicyclic amines) is 1. The van der Waals surface area contributed by atoms with Gasteiger partial charge in [0.2, 0.25) is 0 Å². The van der Waals surface area contributed by atoms with Gasteiger partial charge < -0.3 is 14.5 Å². The number of carbonyl (C=O) groups is 2. The average molecular weight is 357 g/mol. The molecule has 1 saturated heterocycles. The Morgan fingerprint density at radius 2 is 2.00 bits per heavy atom. The highest BCUT2D eigenvalue weighted by atomic mass is 16.6. The maximum Gasteiger partial charge on any atom is 0.410 e. The van der Waals surface area contributed by atoms with Gasteiger partial charge >= 0.3 is 6.09 Å². The summed E-state index contributed by atoms with van der Waals surface area (Å²) in [5.74, 6) is 0.107. The van der Waals surface area contributed by atoms with Crippen LogP contribution in [0.1, 0.15) is 56.6 Å². The smallest absolute Gasteiger partial charge is 0.410 e. The molecule has 140 valence electrons. The third kappa shape index (κ3) is 2.85. The van der Waals surface area contributed by atoms with Gasteiger partial charge in [0, 0.05) is 43.2 Å². The molecule has 1 unspecified atom stereocenters. The van der Waals surface area contributed by atoms with Crippen LogP contribution in [-0.4, -0.2) is 57.6 Å². The molecular formula is C20H27N3O3. The number of carbonyl (C=O) groups excluding carboxylic acids is 2. The fraction of sp³-hybridized carbons (Fsp3) is 0.650. The van der Waals surface area contributed by atoms with Gasteiger partial charge in [-0.15, -0.1) is 0 Å². The molecule has 0 radical (unpaired) electrons. The Bertz CT molecular complexity index is 741. The quantitative estimate of drug-likeness (QED) is 0.775. The van der Waals surface area contributed by atoms with Crippen molar-refractivity contribution in [3.8, 4) is 0 Å². The number of rotatable bonds is 1. The minimum absolute atomic E-state index is 0.107. The van der Waals surface area contributed by atoms with Crippen LogP contribution in [0.5, 0.6) is 0 Å². The van der Waals surface area contributed by atoms with Crippen molar-refractivity contribution in [1.29, 1.82) is 0 Å². The molecule has 1 saturated carbocycles. The summed E-state index contributed by atoms with van der Waals surface area (Å²) in [7, 11) is 0. The van der Waals surface area contributed by atoms with Crippen LogP contribution in [0.3, 0.4) is 0 Å². The summed E-state index contributed by atoms with van der Waals surface area (Å²) in [5.41, 5.74) is 1.38. The average Bonchev–Trinajstić information content (AvgIpc) is 2.45. The van der Waals surface area contributed by atoms with Crippen LogP contribution in [-0.2, 0) is 11.2 Å². The summed E-state index contributed by atoms with van der Waals surface area (Å²) in [6.07, 6.45) is 4.28. The fourth-order valence-corrected chi connectivity index (χ4v) is 4.65. The molecule has 6 heteroatoms. The molecule has 1 atom stereocenters. The molecule has 3 heterocycles. The van der Waals surface area contributed by atoms with Crippen molar-refractivity contribution in [3.05, 3.63) is 29.6 Å². The van der Waals surface area contributed by atoms with Crippen LogP contribution in [0.4, 0.5) is 4.79 Å². The lowest BCUT2D eigenvalue weighted by Gasteiger charge is -2.61. The first kappa shape index (κ1) is 17.3. The van der Waals surface area contributed by atoms with Crippen LogP contribution in [0.15, 0.2) is 18.3 Å². The Hall–Kier alpha value is -2.11. The second kappa shape index (κ2) is 5.69. The predicted octanol–water partition coefficient (Wildman–Crippen LogP) is 2.87. The first-order valence-electron chi connectivity index (χ1n) is 9.42. The maximum absolute atomic E-state index is 12.9. The van der Waals surface area contributed by atoms with Crippen LogP contribution < -0.4 is 0 Å².